The van der Waals surface area contributed by atoms with Crippen molar-refractivity contribution < 1.29 is 9.59 Å². The van der Waals surface area contributed by atoms with E-state index in [2.05, 4.69) is 10.6 Å². The lowest BCUT2D eigenvalue weighted by atomic mass is 9.77. The van der Waals surface area contributed by atoms with Gasteiger partial charge in [0.05, 0.1) is 11.5 Å². The van der Waals surface area contributed by atoms with Gasteiger partial charge in [-0.3, -0.25) is 9.59 Å². The van der Waals surface area contributed by atoms with Gasteiger partial charge in [-0.2, -0.15) is 0 Å². The largest absolute Gasteiger partial charge is 0.349 e. The van der Waals surface area contributed by atoms with Gasteiger partial charge in [-0.1, -0.05) is 48.7 Å². The fraction of sp³-hybridized carbons (Fsp3) is 0.364. The van der Waals surface area contributed by atoms with Gasteiger partial charge in [0.25, 0.3) is 0 Å². The Bertz CT molecular complexity index is 844. The van der Waals surface area contributed by atoms with Crippen LogP contribution in [0.25, 0.3) is 0 Å². The first-order valence-electron chi connectivity index (χ1n) is 9.35. The van der Waals surface area contributed by atoms with Crippen molar-refractivity contribution in [2.45, 2.75) is 51.0 Å². The van der Waals surface area contributed by atoms with E-state index in [1.54, 1.807) is 0 Å². The van der Waals surface area contributed by atoms with Gasteiger partial charge in [0.15, 0.2) is 0 Å². The average Bonchev–Trinajstić information content (AvgIpc) is 3.12. The van der Waals surface area contributed by atoms with Gasteiger partial charge in [0, 0.05) is 17.6 Å². The number of hydrogen-bond donors (Lipinski definition) is 2. The number of carbonyl (C=O) groups is 2. The normalized spacial score (nSPS) is 16.6. The van der Waals surface area contributed by atoms with Gasteiger partial charge in [-0.15, -0.1) is 0 Å². The van der Waals surface area contributed by atoms with E-state index in [4.69, 9.17) is 11.6 Å². The summed E-state index contributed by atoms with van der Waals surface area (Å²) in [6.07, 6.45) is 3.73. The Morgan fingerprint density at radius 3 is 2.44 bits per heavy atom. The molecule has 1 fully saturated rings. The van der Waals surface area contributed by atoms with Gasteiger partial charge in [0.1, 0.15) is 0 Å². The van der Waals surface area contributed by atoms with Crippen LogP contribution in [0.2, 0.25) is 5.02 Å². The number of amides is 2. The molecule has 2 aromatic rings. The zero-order valence-electron chi connectivity index (χ0n) is 15.7. The fourth-order valence-corrected chi connectivity index (χ4v) is 4.11. The molecule has 1 aliphatic rings. The Hall–Kier alpha value is -2.33. The van der Waals surface area contributed by atoms with Crippen LogP contribution in [0.4, 0.5) is 5.69 Å². The fourth-order valence-electron chi connectivity index (χ4n) is 3.92. The minimum atomic E-state index is -0.519. The second-order valence-electron chi connectivity index (χ2n) is 7.30. The Kier molecular flexibility index (Phi) is 5.85. The molecule has 1 atom stereocenters. The van der Waals surface area contributed by atoms with Crippen molar-refractivity contribution >= 4 is 29.1 Å². The summed E-state index contributed by atoms with van der Waals surface area (Å²) in [5.74, 6) is -0.0746. The summed E-state index contributed by atoms with van der Waals surface area (Å²) in [7, 11) is 0. The van der Waals surface area contributed by atoms with Crippen molar-refractivity contribution in [1.29, 1.82) is 0 Å². The van der Waals surface area contributed by atoms with Crippen molar-refractivity contribution in [3.63, 3.8) is 0 Å². The van der Waals surface area contributed by atoms with Crippen LogP contribution in [0.3, 0.4) is 0 Å². The number of carbonyl (C=O) groups excluding carboxylic acids is 2. The lowest BCUT2D eigenvalue weighted by molar-refractivity contribution is -0.127. The Morgan fingerprint density at radius 2 is 1.78 bits per heavy atom. The number of rotatable bonds is 5. The number of halogens is 1. The molecular formula is C22H25ClN2O2. The number of hydrogen-bond acceptors (Lipinski definition) is 2. The zero-order chi connectivity index (χ0) is 19.4. The molecule has 5 heteroatoms. The maximum absolute atomic E-state index is 13.3. The van der Waals surface area contributed by atoms with Crippen LogP contribution < -0.4 is 10.6 Å². The minimum absolute atomic E-state index is 0.0414. The van der Waals surface area contributed by atoms with Crippen molar-refractivity contribution in [2.75, 3.05) is 5.32 Å². The van der Waals surface area contributed by atoms with Crippen LogP contribution in [0.5, 0.6) is 0 Å². The molecule has 142 valence electrons. The van der Waals surface area contributed by atoms with Gasteiger partial charge in [0.2, 0.25) is 11.8 Å². The molecule has 0 aliphatic heterocycles. The lowest BCUT2D eigenvalue weighted by Crippen LogP contribution is -2.43. The van der Waals surface area contributed by atoms with Crippen molar-refractivity contribution in [2.24, 2.45) is 0 Å². The highest BCUT2D eigenvalue weighted by Crippen LogP contribution is 2.42. The summed E-state index contributed by atoms with van der Waals surface area (Å²) >= 11 is 6.18. The monoisotopic (exact) mass is 384 g/mol. The van der Waals surface area contributed by atoms with E-state index in [9.17, 15) is 9.59 Å². The van der Waals surface area contributed by atoms with E-state index in [1.165, 1.54) is 6.92 Å². The second kappa shape index (κ2) is 8.13. The standard InChI is InChI=1S/C22H25ClN2O2/c1-15(17-7-5-10-20(13-17)25-16(2)26)24-21(27)22(11-3-4-12-22)18-8-6-9-19(23)14-18/h5-10,13-15H,3-4,11-12H2,1-2H3,(H,24,27)(H,25,26). The molecule has 1 unspecified atom stereocenters. The molecule has 0 spiro atoms. The highest BCUT2D eigenvalue weighted by molar-refractivity contribution is 6.30. The number of nitrogens with one attached hydrogen (secondary N) is 2. The molecule has 2 aromatic carbocycles. The van der Waals surface area contributed by atoms with Crippen LogP contribution >= 0.6 is 11.6 Å². The maximum atomic E-state index is 13.3. The first-order valence-corrected chi connectivity index (χ1v) is 9.73. The number of anilines is 1. The van der Waals surface area contributed by atoms with E-state index < -0.39 is 5.41 Å². The van der Waals surface area contributed by atoms with Crippen LogP contribution in [0, 0.1) is 0 Å². The summed E-state index contributed by atoms with van der Waals surface area (Å²) in [6.45, 7) is 3.44. The molecule has 3 rings (SSSR count). The van der Waals surface area contributed by atoms with Gasteiger partial charge in [-0.05, 0) is 55.2 Å². The van der Waals surface area contributed by atoms with Gasteiger partial charge >= 0.3 is 0 Å². The molecule has 0 heterocycles. The summed E-state index contributed by atoms with van der Waals surface area (Å²) in [6, 6.07) is 15.1. The third-order valence-electron chi connectivity index (χ3n) is 5.32. The molecule has 2 amide bonds. The average molecular weight is 385 g/mol. The summed E-state index contributed by atoms with van der Waals surface area (Å²) in [4.78, 5) is 24.6. The van der Waals surface area contributed by atoms with Gasteiger partial charge in [-0.25, -0.2) is 0 Å². The molecule has 1 saturated carbocycles. The Labute approximate surface area is 165 Å². The van der Waals surface area contributed by atoms with E-state index in [0.717, 1.165) is 42.5 Å². The van der Waals surface area contributed by atoms with Gasteiger partial charge < -0.3 is 10.6 Å². The first-order chi connectivity index (χ1) is 12.9. The quantitative estimate of drug-likeness (QED) is 0.763. The molecule has 2 N–H and O–H groups in total. The zero-order valence-corrected chi connectivity index (χ0v) is 16.5. The lowest BCUT2D eigenvalue weighted by Gasteiger charge is -2.30. The van der Waals surface area contributed by atoms with E-state index in [0.29, 0.717) is 5.02 Å². The summed E-state index contributed by atoms with van der Waals surface area (Å²) < 4.78 is 0. The third kappa shape index (κ3) is 4.33. The molecule has 0 bridgehead atoms. The molecule has 0 saturated heterocycles. The molecule has 1 aliphatic carbocycles. The van der Waals surface area contributed by atoms with Crippen LogP contribution in [-0.4, -0.2) is 11.8 Å². The third-order valence-corrected chi connectivity index (χ3v) is 5.56. The van der Waals surface area contributed by atoms with E-state index in [1.807, 2.05) is 55.5 Å². The minimum Gasteiger partial charge on any atom is -0.349 e. The Morgan fingerprint density at radius 1 is 1.07 bits per heavy atom. The smallest absolute Gasteiger partial charge is 0.231 e. The van der Waals surface area contributed by atoms with Crippen LogP contribution in [-0.2, 0) is 15.0 Å². The molecule has 0 aromatic heterocycles. The van der Waals surface area contributed by atoms with Crippen LogP contribution in [0.15, 0.2) is 48.5 Å². The second-order valence-corrected chi connectivity index (χ2v) is 7.74. The van der Waals surface area contributed by atoms with E-state index in [-0.39, 0.29) is 17.9 Å². The molecule has 0 radical (unpaired) electrons. The SMILES string of the molecule is CC(=O)Nc1cccc(C(C)NC(=O)C2(c3cccc(Cl)c3)CCCC2)c1. The first kappa shape index (κ1) is 19.4. The predicted octanol–water partition coefficient (Wildman–Crippen LogP) is 4.99. The molecule has 4 nitrogen and oxygen atoms in total. The van der Waals surface area contributed by atoms with Crippen LogP contribution in [0.1, 0.15) is 56.7 Å². The van der Waals surface area contributed by atoms with E-state index >= 15 is 0 Å². The highest BCUT2D eigenvalue weighted by Gasteiger charge is 2.43. The summed E-state index contributed by atoms with van der Waals surface area (Å²) in [5.41, 5.74) is 2.15. The van der Waals surface area contributed by atoms with Crippen molar-refractivity contribution in [3.05, 3.63) is 64.7 Å². The molecule has 27 heavy (non-hydrogen) atoms. The number of benzene rings is 2. The molecular weight excluding hydrogens is 360 g/mol. The van der Waals surface area contributed by atoms with Crippen molar-refractivity contribution in [3.8, 4) is 0 Å². The summed E-state index contributed by atoms with van der Waals surface area (Å²) in [5, 5.41) is 6.62. The van der Waals surface area contributed by atoms with Crippen molar-refractivity contribution in [1.82, 2.24) is 5.32 Å². The Balaban J connectivity index is 1.81. The highest BCUT2D eigenvalue weighted by atomic mass is 35.5. The predicted molar refractivity (Wildman–Crippen MR) is 109 cm³/mol. The topological polar surface area (TPSA) is 58.2 Å². The maximum Gasteiger partial charge on any atom is 0.231 e.